The number of benzene rings is 2. The maximum absolute atomic E-state index is 12.3. The largest absolute Gasteiger partial charge is 0.481 e. The lowest BCUT2D eigenvalue weighted by Gasteiger charge is -2.17. The van der Waals surface area contributed by atoms with E-state index in [0.29, 0.717) is 0 Å². The van der Waals surface area contributed by atoms with Gasteiger partial charge in [-0.3, -0.25) is 4.79 Å². The molecule has 0 spiro atoms. The minimum Gasteiger partial charge on any atom is -0.481 e. The van der Waals surface area contributed by atoms with E-state index in [2.05, 4.69) is 5.32 Å². The van der Waals surface area contributed by atoms with Gasteiger partial charge in [-0.15, -0.1) is 0 Å². The van der Waals surface area contributed by atoms with Crippen molar-refractivity contribution in [1.29, 1.82) is 0 Å². The number of hydrogen-bond acceptors (Lipinski definition) is 2. The molecule has 0 aliphatic carbocycles. The normalized spacial score (nSPS) is 11.9. The molecule has 0 radical (unpaired) electrons. The van der Waals surface area contributed by atoms with Crippen LogP contribution in [-0.2, 0) is 4.79 Å². The number of rotatable bonds is 4. The number of amides is 1. The van der Waals surface area contributed by atoms with Gasteiger partial charge in [0, 0.05) is 5.69 Å². The number of carbonyl (C=O) groups is 1. The zero-order valence-corrected chi connectivity index (χ0v) is 13.9. The lowest BCUT2D eigenvalue weighted by Crippen LogP contribution is -2.30. The average molecular weight is 297 g/mol. The highest BCUT2D eigenvalue weighted by atomic mass is 16.5. The van der Waals surface area contributed by atoms with Gasteiger partial charge >= 0.3 is 0 Å². The summed E-state index contributed by atoms with van der Waals surface area (Å²) >= 11 is 0. The van der Waals surface area contributed by atoms with Gasteiger partial charge < -0.3 is 10.1 Å². The zero-order chi connectivity index (χ0) is 16.3. The second-order valence-electron chi connectivity index (χ2n) is 5.84. The van der Waals surface area contributed by atoms with Gasteiger partial charge in [-0.1, -0.05) is 29.8 Å². The Morgan fingerprint density at radius 1 is 0.955 bits per heavy atom. The van der Waals surface area contributed by atoms with Crippen LogP contribution < -0.4 is 10.1 Å². The average Bonchev–Trinajstić information content (AvgIpc) is 2.45. The standard InChI is InChI=1S/C19H23NO2/c1-12-7-9-17(15(4)10-12)20-19(21)16(5)22-18-11-13(2)6-8-14(18)3/h6-11,16H,1-5H3,(H,20,21)/t16-/m0/s1. The van der Waals surface area contributed by atoms with E-state index in [1.807, 2.05) is 64.1 Å². The molecule has 3 heteroatoms. The summed E-state index contributed by atoms with van der Waals surface area (Å²) in [6.45, 7) is 9.76. The molecule has 0 heterocycles. The van der Waals surface area contributed by atoms with E-state index in [1.165, 1.54) is 5.56 Å². The Labute approximate surface area is 132 Å². The van der Waals surface area contributed by atoms with Crippen LogP contribution in [0.15, 0.2) is 36.4 Å². The quantitative estimate of drug-likeness (QED) is 0.912. The van der Waals surface area contributed by atoms with Crippen LogP contribution in [-0.4, -0.2) is 12.0 Å². The minimum atomic E-state index is -0.554. The van der Waals surface area contributed by atoms with Crippen LogP contribution in [0.25, 0.3) is 0 Å². The monoisotopic (exact) mass is 297 g/mol. The molecule has 1 N–H and O–H groups in total. The molecule has 0 fully saturated rings. The first kappa shape index (κ1) is 16.1. The van der Waals surface area contributed by atoms with Crippen molar-refractivity contribution >= 4 is 11.6 Å². The molecule has 0 aromatic heterocycles. The van der Waals surface area contributed by atoms with Crippen LogP contribution in [0, 0.1) is 27.7 Å². The Balaban J connectivity index is 2.07. The molecule has 116 valence electrons. The lowest BCUT2D eigenvalue weighted by atomic mass is 10.1. The van der Waals surface area contributed by atoms with E-state index in [0.717, 1.165) is 28.1 Å². The molecule has 22 heavy (non-hydrogen) atoms. The summed E-state index contributed by atoms with van der Waals surface area (Å²) in [5, 5.41) is 2.93. The smallest absolute Gasteiger partial charge is 0.265 e. The minimum absolute atomic E-state index is 0.146. The Kier molecular flexibility index (Phi) is 4.86. The van der Waals surface area contributed by atoms with Crippen molar-refractivity contribution in [2.24, 2.45) is 0 Å². The Hall–Kier alpha value is -2.29. The maximum Gasteiger partial charge on any atom is 0.265 e. The summed E-state index contributed by atoms with van der Waals surface area (Å²) in [6, 6.07) is 11.9. The second-order valence-corrected chi connectivity index (χ2v) is 5.84. The fourth-order valence-corrected chi connectivity index (χ4v) is 2.27. The van der Waals surface area contributed by atoms with Gasteiger partial charge in [0.2, 0.25) is 0 Å². The Morgan fingerprint density at radius 3 is 2.27 bits per heavy atom. The molecule has 0 saturated carbocycles. The van der Waals surface area contributed by atoms with Crippen molar-refractivity contribution in [3.8, 4) is 5.75 Å². The molecular formula is C19H23NO2. The molecule has 2 aromatic rings. The third kappa shape index (κ3) is 3.88. The van der Waals surface area contributed by atoms with Gasteiger partial charge in [0.15, 0.2) is 6.10 Å². The highest BCUT2D eigenvalue weighted by Crippen LogP contribution is 2.21. The summed E-state index contributed by atoms with van der Waals surface area (Å²) in [6.07, 6.45) is -0.554. The van der Waals surface area contributed by atoms with Crippen molar-refractivity contribution in [2.45, 2.75) is 40.7 Å². The molecule has 0 unspecified atom stereocenters. The van der Waals surface area contributed by atoms with E-state index in [4.69, 9.17) is 4.74 Å². The van der Waals surface area contributed by atoms with Crippen LogP contribution in [0.1, 0.15) is 29.2 Å². The number of hydrogen-bond donors (Lipinski definition) is 1. The van der Waals surface area contributed by atoms with Gasteiger partial charge in [-0.25, -0.2) is 0 Å². The molecular weight excluding hydrogens is 274 g/mol. The molecule has 2 rings (SSSR count). The van der Waals surface area contributed by atoms with Crippen LogP contribution in [0.4, 0.5) is 5.69 Å². The van der Waals surface area contributed by atoms with E-state index in [1.54, 1.807) is 6.92 Å². The Morgan fingerprint density at radius 2 is 1.59 bits per heavy atom. The number of ether oxygens (including phenoxy) is 1. The number of anilines is 1. The maximum atomic E-state index is 12.3. The third-order valence-electron chi connectivity index (χ3n) is 3.66. The fraction of sp³-hybridized carbons (Fsp3) is 0.316. The van der Waals surface area contributed by atoms with Crippen molar-refractivity contribution in [3.05, 3.63) is 58.7 Å². The van der Waals surface area contributed by atoms with Crippen molar-refractivity contribution in [3.63, 3.8) is 0 Å². The zero-order valence-electron chi connectivity index (χ0n) is 13.9. The van der Waals surface area contributed by atoms with Gasteiger partial charge in [-0.05, 0) is 63.4 Å². The number of nitrogens with one attached hydrogen (secondary N) is 1. The molecule has 0 bridgehead atoms. The fourth-order valence-electron chi connectivity index (χ4n) is 2.27. The highest BCUT2D eigenvalue weighted by molar-refractivity contribution is 5.94. The molecule has 0 aliphatic heterocycles. The SMILES string of the molecule is Cc1ccc(NC(=O)[C@H](C)Oc2cc(C)ccc2C)c(C)c1. The van der Waals surface area contributed by atoms with Crippen LogP contribution in [0.5, 0.6) is 5.75 Å². The van der Waals surface area contributed by atoms with E-state index in [9.17, 15) is 4.79 Å². The predicted molar refractivity (Wildman–Crippen MR) is 90.6 cm³/mol. The second kappa shape index (κ2) is 6.65. The van der Waals surface area contributed by atoms with Gasteiger partial charge in [0.25, 0.3) is 5.91 Å². The molecule has 1 amide bonds. The third-order valence-corrected chi connectivity index (χ3v) is 3.66. The van der Waals surface area contributed by atoms with E-state index < -0.39 is 6.10 Å². The van der Waals surface area contributed by atoms with Crippen LogP contribution in [0.3, 0.4) is 0 Å². The molecule has 2 aromatic carbocycles. The first-order valence-electron chi connectivity index (χ1n) is 7.49. The van der Waals surface area contributed by atoms with E-state index in [-0.39, 0.29) is 5.91 Å². The first-order chi connectivity index (χ1) is 10.4. The van der Waals surface area contributed by atoms with E-state index >= 15 is 0 Å². The van der Waals surface area contributed by atoms with Gasteiger partial charge in [0.1, 0.15) is 5.75 Å². The van der Waals surface area contributed by atoms with Crippen molar-refractivity contribution in [1.82, 2.24) is 0 Å². The highest BCUT2D eigenvalue weighted by Gasteiger charge is 2.16. The molecule has 3 nitrogen and oxygen atoms in total. The predicted octanol–water partition coefficient (Wildman–Crippen LogP) is 4.33. The summed E-state index contributed by atoms with van der Waals surface area (Å²) in [5.74, 6) is 0.608. The summed E-state index contributed by atoms with van der Waals surface area (Å²) < 4.78 is 5.81. The number of carbonyl (C=O) groups excluding carboxylic acids is 1. The molecule has 1 atom stereocenters. The Bertz CT molecular complexity index is 692. The van der Waals surface area contributed by atoms with Crippen molar-refractivity contribution in [2.75, 3.05) is 5.32 Å². The molecule has 0 aliphatic rings. The molecule has 0 saturated heterocycles. The lowest BCUT2D eigenvalue weighted by molar-refractivity contribution is -0.122. The first-order valence-corrected chi connectivity index (χ1v) is 7.49. The summed E-state index contributed by atoms with van der Waals surface area (Å²) in [5.41, 5.74) is 5.19. The van der Waals surface area contributed by atoms with Crippen molar-refractivity contribution < 1.29 is 9.53 Å². The summed E-state index contributed by atoms with van der Waals surface area (Å²) in [7, 11) is 0. The van der Waals surface area contributed by atoms with Gasteiger partial charge in [-0.2, -0.15) is 0 Å². The topological polar surface area (TPSA) is 38.3 Å². The van der Waals surface area contributed by atoms with Gasteiger partial charge in [0.05, 0.1) is 0 Å². The van der Waals surface area contributed by atoms with Crippen LogP contribution in [0.2, 0.25) is 0 Å². The van der Waals surface area contributed by atoms with Crippen LogP contribution >= 0.6 is 0 Å². The number of aryl methyl sites for hydroxylation is 4. The summed E-state index contributed by atoms with van der Waals surface area (Å²) in [4.78, 5) is 12.3.